The van der Waals surface area contributed by atoms with E-state index in [9.17, 15) is 0 Å². The largest absolute Gasteiger partial charge is 0.468 e. The van der Waals surface area contributed by atoms with E-state index in [4.69, 9.17) is 9.52 Å². The minimum Gasteiger partial charge on any atom is -0.468 e. The van der Waals surface area contributed by atoms with Crippen molar-refractivity contribution in [1.82, 2.24) is 5.32 Å². The van der Waals surface area contributed by atoms with Gasteiger partial charge in [0.2, 0.25) is 0 Å². The molecule has 90 valence electrons. The molecule has 1 aromatic heterocycles. The third-order valence-electron chi connectivity index (χ3n) is 2.79. The minimum atomic E-state index is 0.0938. The average molecular weight is 231 g/mol. The van der Waals surface area contributed by atoms with Gasteiger partial charge in [0.25, 0.3) is 0 Å². The molecule has 0 saturated heterocycles. The van der Waals surface area contributed by atoms with Crippen molar-refractivity contribution in [3.05, 3.63) is 59.5 Å². The zero-order valence-corrected chi connectivity index (χ0v) is 9.89. The van der Waals surface area contributed by atoms with Crippen molar-refractivity contribution in [2.45, 2.75) is 26.1 Å². The van der Waals surface area contributed by atoms with Crippen LogP contribution in [0.4, 0.5) is 0 Å². The lowest BCUT2D eigenvalue weighted by atomic mass is 10.1. The normalized spacial score (nSPS) is 12.6. The lowest BCUT2D eigenvalue weighted by Gasteiger charge is -2.11. The molecule has 0 aliphatic rings. The zero-order chi connectivity index (χ0) is 12.1. The number of furan rings is 1. The Bertz CT molecular complexity index is 434. The number of aliphatic hydroxyl groups excluding tert-OH is 1. The fourth-order valence-electron chi connectivity index (χ4n) is 1.67. The van der Waals surface area contributed by atoms with Crippen LogP contribution in [0, 0.1) is 0 Å². The van der Waals surface area contributed by atoms with Crippen LogP contribution in [-0.2, 0) is 13.2 Å². The summed E-state index contributed by atoms with van der Waals surface area (Å²) in [6, 6.07) is 12.0. The van der Waals surface area contributed by atoms with Gasteiger partial charge in [0.1, 0.15) is 5.76 Å². The molecule has 3 heteroatoms. The molecule has 1 heterocycles. The van der Waals surface area contributed by atoms with Gasteiger partial charge in [-0.25, -0.2) is 0 Å². The maximum atomic E-state index is 8.94. The molecule has 17 heavy (non-hydrogen) atoms. The molecule has 0 bridgehead atoms. The fraction of sp³-hybridized carbons (Fsp3) is 0.286. The van der Waals surface area contributed by atoms with E-state index in [1.807, 2.05) is 36.4 Å². The SMILES string of the molecule is CC(NCc1ccc(CO)cc1)c1ccco1. The average Bonchev–Trinajstić information content (AvgIpc) is 2.90. The van der Waals surface area contributed by atoms with Gasteiger partial charge in [-0.05, 0) is 30.2 Å². The molecule has 0 saturated carbocycles. The quantitative estimate of drug-likeness (QED) is 0.831. The van der Waals surface area contributed by atoms with Gasteiger partial charge in [-0.15, -0.1) is 0 Å². The lowest BCUT2D eigenvalue weighted by molar-refractivity contribution is 0.282. The van der Waals surface area contributed by atoms with Gasteiger partial charge in [0.15, 0.2) is 0 Å². The number of nitrogens with one attached hydrogen (secondary N) is 1. The van der Waals surface area contributed by atoms with Crippen LogP contribution in [0.2, 0.25) is 0 Å². The van der Waals surface area contributed by atoms with Crippen LogP contribution in [0.5, 0.6) is 0 Å². The van der Waals surface area contributed by atoms with Crippen LogP contribution in [0.25, 0.3) is 0 Å². The van der Waals surface area contributed by atoms with Gasteiger partial charge in [-0.1, -0.05) is 24.3 Å². The van der Waals surface area contributed by atoms with E-state index < -0.39 is 0 Å². The van der Waals surface area contributed by atoms with Crippen LogP contribution < -0.4 is 5.32 Å². The second kappa shape index (κ2) is 5.66. The summed E-state index contributed by atoms with van der Waals surface area (Å²) in [5.41, 5.74) is 2.13. The lowest BCUT2D eigenvalue weighted by Crippen LogP contribution is -2.17. The van der Waals surface area contributed by atoms with Crippen molar-refractivity contribution in [3.63, 3.8) is 0 Å². The number of rotatable bonds is 5. The number of aliphatic hydroxyl groups is 1. The van der Waals surface area contributed by atoms with Crippen molar-refractivity contribution in [3.8, 4) is 0 Å². The fourth-order valence-corrected chi connectivity index (χ4v) is 1.67. The van der Waals surface area contributed by atoms with Gasteiger partial charge < -0.3 is 14.8 Å². The topological polar surface area (TPSA) is 45.4 Å². The van der Waals surface area contributed by atoms with E-state index in [0.29, 0.717) is 0 Å². The predicted octanol–water partition coefficient (Wildman–Crippen LogP) is 2.62. The zero-order valence-electron chi connectivity index (χ0n) is 9.89. The predicted molar refractivity (Wildman–Crippen MR) is 66.3 cm³/mol. The molecule has 0 aliphatic heterocycles. The van der Waals surface area contributed by atoms with Crippen LogP contribution in [0.3, 0.4) is 0 Å². The van der Waals surface area contributed by atoms with Gasteiger partial charge in [-0.3, -0.25) is 0 Å². The molecule has 2 rings (SSSR count). The van der Waals surface area contributed by atoms with Crippen molar-refractivity contribution in [2.24, 2.45) is 0 Å². The standard InChI is InChI=1S/C14H17NO2/c1-11(14-3-2-8-17-14)15-9-12-4-6-13(10-16)7-5-12/h2-8,11,15-16H,9-10H2,1H3. The molecule has 3 nitrogen and oxygen atoms in total. The molecule has 0 radical (unpaired) electrons. The monoisotopic (exact) mass is 231 g/mol. The highest BCUT2D eigenvalue weighted by Gasteiger charge is 2.06. The van der Waals surface area contributed by atoms with E-state index in [-0.39, 0.29) is 12.6 Å². The third kappa shape index (κ3) is 3.19. The summed E-state index contributed by atoms with van der Waals surface area (Å²) in [4.78, 5) is 0. The Morgan fingerprint density at radius 3 is 2.47 bits per heavy atom. The van der Waals surface area contributed by atoms with Crippen molar-refractivity contribution >= 4 is 0 Å². The summed E-state index contributed by atoms with van der Waals surface area (Å²) in [7, 11) is 0. The Hall–Kier alpha value is -1.58. The maximum absolute atomic E-state index is 8.94. The number of hydrogen-bond acceptors (Lipinski definition) is 3. The van der Waals surface area contributed by atoms with Crippen LogP contribution in [0.1, 0.15) is 29.9 Å². The van der Waals surface area contributed by atoms with Crippen LogP contribution in [0.15, 0.2) is 47.1 Å². The number of hydrogen-bond donors (Lipinski definition) is 2. The van der Waals surface area contributed by atoms with E-state index in [0.717, 1.165) is 17.9 Å². The molecule has 0 spiro atoms. The summed E-state index contributed by atoms with van der Waals surface area (Å²) in [5.74, 6) is 0.942. The summed E-state index contributed by atoms with van der Waals surface area (Å²) >= 11 is 0. The Balaban J connectivity index is 1.89. The minimum absolute atomic E-state index is 0.0938. The molecule has 0 fully saturated rings. The first-order valence-corrected chi connectivity index (χ1v) is 5.75. The Labute approximate surface area is 101 Å². The Morgan fingerprint density at radius 2 is 1.88 bits per heavy atom. The molecule has 1 atom stereocenters. The Morgan fingerprint density at radius 1 is 1.18 bits per heavy atom. The van der Waals surface area contributed by atoms with E-state index in [1.165, 1.54) is 5.56 Å². The summed E-state index contributed by atoms with van der Waals surface area (Å²) < 4.78 is 5.32. The van der Waals surface area contributed by atoms with E-state index >= 15 is 0 Å². The smallest absolute Gasteiger partial charge is 0.120 e. The number of benzene rings is 1. The highest BCUT2D eigenvalue weighted by Crippen LogP contribution is 2.13. The second-order valence-corrected chi connectivity index (χ2v) is 4.09. The van der Waals surface area contributed by atoms with Gasteiger partial charge in [-0.2, -0.15) is 0 Å². The van der Waals surface area contributed by atoms with Crippen molar-refractivity contribution < 1.29 is 9.52 Å². The molecule has 2 aromatic rings. The molecule has 1 unspecified atom stereocenters. The Kier molecular flexibility index (Phi) is 3.96. The third-order valence-corrected chi connectivity index (χ3v) is 2.79. The summed E-state index contributed by atoms with van der Waals surface area (Å²) in [5, 5.41) is 12.3. The second-order valence-electron chi connectivity index (χ2n) is 4.09. The first-order valence-electron chi connectivity index (χ1n) is 5.75. The highest BCUT2D eigenvalue weighted by atomic mass is 16.3. The summed E-state index contributed by atoms with van der Waals surface area (Å²) in [6.45, 7) is 2.95. The first kappa shape index (κ1) is 11.9. The first-order chi connectivity index (χ1) is 8.29. The molecular weight excluding hydrogens is 214 g/mol. The van der Waals surface area contributed by atoms with Crippen LogP contribution >= 0.6 is 0 Å². The van der Waals surface area contributed by atoms with Crippen LogP contribution in [-0.4, -0.2) is 5.11 Å². The van der Waals surface area contributed by atoms with E-state index in [1.54, 1.807) is 6.26 Å². The van der Waals surface area contributed by atoms with Crippen molar-refractivity contribution in [2.75, 3.05) is 0 Å². The summed E-state index contributed by atoms with van der Waals surface area (Å²) in [6.07, 6.45) is 1.68. The van der Waals surface area contributed by atoms with Crippen molar-refractivity contribution in [1.29, 1.82) is 0 Å². The molecule has 0 amide bonds. The molecule has 0 aliphatic carbocycles. The molecule has 1 aromatic carbocycles. The van der Waals surface area contributed by atoms with E-state index in [2.05, 4.69) is 12.2 Å². The van der Waals surface area contributed by atoms with Gasteiger partial charge >= 0.3 is 0 Å². The highest BCUT2D eigenvalue weighted by molar-refractivity contribution is 5.22. The maximum Gasteiger partial charge on any atom is 0.120 e. The van der Waals surface area contributed by atoms with Gasteiger partial charge in [0.05, 0.1) is 18.9 Å². The molecule has 2 N–H and O–H groups in total. The van der Waals surface area contributed by atoms with Gasteiger partial charge in [0, 0.05) is 6.54 Å². The molecular formula is C14H17NO2.